The molecule has 0 bridgehead atoms. The maximum Gasteiger partial charge on any atom is 0.491 e. The highest BCUT2D eigenvalue weighted by Gasteiger charge is 2.42. The van der Waals surface area contributed by atoms with Crippen molar-refractivity contribution in [3.8, 4) is 11.5 Å². The van der Waals surface area contributed by atoms with Crippen molar-refractivity contribution in [3.63, 3.8) is 0 Å². The predicted octanol–water partition coefficient (Wildman–Crippen LogP) is 6.04. The van der Waals surface area contributed by atoms with Gasteiger partial charge in [-0.1, -0.05) is 36.4 Å². The van der Waals surface area contributed by atoms with E-state index < -0.39 is 42.5 Å². The second kappa shape index (κ2) is 14.6. The standard InChI is InChI=1S/C33H33F3N4O6/c1-4-44-27-17-22(10-13-26(27)45-19(2)3)29(39-23-11-12-24-21(16-23)14-15-38-30(24)37)31(42)40-25(20-8-6-5-7-9-20)18-28(41)46-32(43)33(34,35)36/h5-17,19,25,29,39H,4,18H2,1-3H3,(H2,37,38)(H,40,42)/t25-,29?/m0/s1. The van der Waals surface area contributed by atoms with Crippen LogP contribution >= 0.6 is 0 Å². The molecule has 46 heavy (non-hydrogen) atoms. The molecule has 13 heteroatoms. The Morgan fingerprint density at radius 2 is 1.67 bits per heavy atom. The quantitative estimate of drug-likeness (QED) is 0.125. The minimum Gasteiger partial charge on any atom is -0.490 e. The number of nitrogens with one attached hydrogen (secondary N) is 2. The number of esters is 2. The molecule has 1 unspecified atom stereocenters. The smallest absolute Gasteiger partial charge is 0.490 e. The molecule has 4 aromatic rings. The largest absolute Gasteiger partial charge is 0.491 e. The van der Waals surface area contributed by atoms with Gasteiger partial charge in [-0.15, -0.1) is 0 Å². The Hall–Kier alpha value is -5.33. The number of fused-ring (bicyclic) bond motifs is 1. The van der Waals surface area contributed by atoms with Crippen LogP contribution in [-0.2, 0) is 19.1 Å². The number of hydrogen-bond acceptors (Lipinski definition) is 9. The fraction of sp³-hybridized carbons (Fsp3) is 0.273. The van der Waals surface area contributed by atoms with Crippen molar-refractivity contribution >= 4 is 40.1 Å². The summed E-state index contributed by atoms with van der Waals surface area (Å²) in [5.74, 6) is -3.56. The van der Waals surface area contributed by atoms with Gasteiger partial charge in [0.15, 0.2) is 11.5 Å². The highest BCUT2D eigenvalue weighted by molar-refractivity contribution is 5.94. The first-order chi connectivity index (χ1) is 21.8. The minimum absolute atomic E-state index is 0.155. The molecule has 0 aliphatic heterocycles. The molecule has 10 nitrogen and oxygen atoms in total. The third kappa shape index (κ3) is 8.65. The molecule has 0 saturated heterocycles. The first-order valence-electron chi connectivity index (χ1n) is 14.4. The summed E-state index contributed by atoms with van der Waals surface area (Å²) in [5.41, 5.74) is 7.38. The lowest BCUT2D eigenvalue weighted by Crippen LogP contribution is -2.38. The molecule has 0 saturated carbocycles. The average Bonchev–Trinajstić information content (AvgIpc) is 3.00. The Balaban J connectivity index is 1.71. The number of amides is 1. The second-order valence-corrected chi connectivity index (χ2v) is 10.5. The molecule has 0 spiro atoms. The zero-order valence-corrected chi connectivity index (χ0v) is 25.3. The van der Waals surface area contributed by atoms with Gasteiger partial charge in [-0.25, -0.2) is 9.78 Å². The Morgan fingerprint density at radius 1 is 0.935 bits per heavy atom. The van der Waals surface area contributed by atoms with Crippen molar-refractivity contribution in [2.75, 3.05) is 17.7 Å². The lowest BCUT2D eigenvalue weighted by molar-refractivity contribution is -0.202. The number of carbonyl (C=O) groups is 3. The summed E-state index contributed by atoms with van der Waals surface area (Å²) in [6.45, 7) is 5.84. The van der Waals surface area contributed by atoms with Gasteiger partial charge in [0.25, 0.3) is 0 Å². The maximum absolute atomic E-state index is 14.1. The van der Waals surface area contributed by atoms with Crippen LogP contribution in [0.15, 0.2) is 79.0 Å². The molecular weight excluding hydrogens is 605 g/mol. The number of halogens is 3. The Morgan fingerprint density at radius 3 is 2.35 bits per heavy atom. The van der Waals surface area contributed by atoms with Crippen molar-refractivity contribution in [1.82, 2.24) is 10.3 Å². The molecule has 3 aromatic carbocycles. The topological polar surface area (TPSA) is 142 Å². The molecule has 4 N–H and O–H groups in total. The van der Waals surface area contributed by atoms with Crippen LogP contribution in [0.1, 0.15) is 50.4 Å². The van der Waals surface area contributed by atoms with E-state index in [1.807, 2.05) is 13.8 Å². The van der Waals surface area contributed by atoms with Crippen LogP contribution in [0.25, 0.3) is 10.8 Å². The second-order valence-electron chi connectivity index (χ2n) is 10.5. The van der Waals surface area contributed by atoms with Gasteiger partial charge in [0.05, 0.1) is 25.2 Å². The van der Waals surface area contributed by atoms with Gasteiger partial charge < -0.3 is 30.6 Å². The Kier molecular flexibility index (Phi) is 10.7. The zero-order chi connectivity index (χ0) is 33.4. The van der Waals surface area contributed by atoms with Crippen molar-refractivity contribution in [3.05, 3.63) is 90.1 Å². The van der Waals surface area contributed by atoms with E-state index in [-0.39, 0.29) is 6.10 Å². The summed E-state index contributed by atoms with van der Waals surface area (Å²) < 4.78 is 53.9. The number of nitrogens with zero attached hydrogens (tertiary/aromatic N) is 1. The number of aromatic nitrogens is 1. The zero-order valence-electron chi connectivity index (χ0n) is 25.3. The summed E-state index contributed by atoms with van der Waals surface area (Å²) in [4.78, 5) is 41.9. The number of hydrogen-bond donors (Lipinski definition) is 3. The fourth-order valence-corrected chi connectivity index (χ4v) is 4.64. The van der Waals surface area contributed by atoms with E-state index in [1.54, 1.807) is 85.9 Å². The van der Waals surface area contributed by atoms with E-state index in [9.17, 15) is 27.6 Å². The van der Waals surface area contributed by atoms with Gasteiger partial charge in [-0.2, -0.15) is 13.2 Å². The number of anilines is 2. The van der Waals surface area contributed by atoms with Gasteiger partial charge in [0, 0.05) is 17.3 Å². The third-order valence-corrected chi connectivity index (χ3v) is 6.66. The highest BCUT2D eigenvalue weighted by atomic mass is 19.4. The van der Waals surface area contributed by atoms with E-state index in [4.69, 9.17) is 15.2 Å². The first kappa shape index (κ1) is 33.6. The van der Waals surface area contributed by atoms with Gasteiger partial charge in [-0.05, 0) is 73.7 Å². The van der Waals surface area contributed by atoms with Crippen LogP contribution in [-0.4, -0.2) is 41.7 Å². The molecule has 2 atom stereocenters. The van der Waals surface area contributed by atoms with E-state index in [2.05, 4.69) is 20.4 Å². The van der Waals surface area contributed by atoms with Crippen molar-refractivity contribution < 1.29 is 41.8 Å². The van der Waals surface area contributed by atoms with Crippen molar-refractivity contribution in [2.45, 2.75) is 51.6 Å². The number of nitrogen functional groups attached to an aromatic ring is 1. The van der Waals surface area contributed by atoms with Crippen molar-refractivity contribution in [2.24, 2.45) is 0 Å². The number of pyridine rings is 1. The molecule has 1 aromatic heterocycles. The summed E-state index contributed by atoms with van der Waals surface area (Å²) in [6, 6.07) is 17.9. The maximum atomic E-state index is 14.1. The van der Waals surface area contributed by atoms with Gasteiger partial charge in [0.1, 0.15) is 11.9 Å². The lowest BCUT2D eigenvalue weighted by Gasteiger charge is -2.25. The number of rotatable bonds is 12. The Labute approximate surface area is 263 Å². The van der Waals surface area contributed by atoms with E-state index in [0.717, 1.165) is 5.39 Å². The summed E-state index contributed by atoms with van der Waals surface area (Å²) >= 11 is 0. The molecule has 1 amide bonds. The average molecular weight is 639 g/mol. The predicted molar refractivity (Wildman–Crippen MR) is 165 cm³/mol. The molecule has 0 fully saturated rings. The number of carbonyl (C=O) groups excluding carboxylic acids is 3. The normalized spacial score (nSPS) is 12.7. The Bertz CT molecular complexity index is 1700. The molecule has 4 rings (SSSR count). The molecule has 242 valence electrons. The van der Waals surface area contributed by atoms with Crippen LogP contribution in [0.3, 0.4) is 0 Å². The molecule has 0 aliphatic carbocycles. The van der Waals surface area contributed by atoms with Crippen LogP contribution in [0.4, 0.5) is 24.7 Å². The van der Waals surface area contributed by atoms with E-state index in [0.29, 0.717) is 46.1 Å². The summed E-state index contributed by atoms with van der Waals surface area (Å²) in [7, 11) is 0. The van der Waals surface area contributed by atoms with Gasteiger partial charge in [0.2, 0.25) is 5.91 Å². The molecule has 1 heterocycles. The van der Waals surface area contributed by atoms with E-state index in [1.165, 1.54) is 0 Å². The number of ether oxygens (including phenoxy) is 3. The van der Waals surface area contributed by atoms with E-state index >= 15 is 0 Å². The van der Waals surface area contributed by atoms with Crippen LogP contribution in [0.2, 0.25) is 0 Å². The number of benzene rings is 3. The van der Waals surface area contributed by atoms with Crippen LogP contribution in [0, 0.1) is 0 Å². The fourth-order valence-electron chi connectivity index (χ4n) is 4.64. The van der Waals surface area contributed by atoms with Gasteiger partial charge >= 0.3 is 18.1 Å². The SMILES string of the molecule is CCOc1cc(C(Nc2ccc3c(N)nccc3c2)C(=O)N[C@@H](CC(=O)OC(=O)C(F)(F)F)c2ccccc2)ccc1OC(C)C. The first-order valence-corrected chi connectivity index (χ1v) is 14.4. The van der Waals surface area contributed by atoms with Crippen LogP contribution in [0.5, 0.6) is 11.5 Å². The van der Waals surface area contributed by atoms with Gasteiger partial charge in [-0.3, -0.25) is 9.59 Å². The molecule has 0 radical (unpaired) electrons. The molecular formula is C33H33F3N4O6. The summed E-state index contributed by atoms with van der Waals surface area (Å²) in [5, 5.41) is 7.42. The monoisotopic (exact) mass is 638 g/mol. The lowest BCUT2D eigenvalue weighted by atomic mass is 10.0. The third-order valence-electron chi connectivity index (χ3n) is 6.66. The molecule has 0 aliphatic rings. The minimum atomic E-state index is -5.36. The highest BCUT2D eigenvalue weighted by Crippen LogP contribution is 2.34. The number of alkyl halides is 3. The van der Waals surface area contributed by atoms with Crippen LogP contribution < -0.4 is 25.8 Å². The summed E-state index contributed by atoms with van der Waals surface area (Å²) in [6.07, 6.45) is -4.71. The van der Waals surface area contributed by atoms with Crippen molar-refractivity contribution in [1.29, 1.82) is 0 Å². The number of nitrogens with two attached hydrogens (primary N) is 1.